The standard InChI is InChI=1S/C29H36FN7O2/c30-25-18-23(39-22-4-2-1-3-5-22)10-11-24(25)27(31)26-28(32)33-19-34-29(26)35-20-6-8-21(9-7-20)37-14-12-36(13-15-37)16-17-38/h1-5,10-11,18-21,31,38H,6-9,12-17H2,(H3,32,33,34,35). The van der Waals surface area contributed by atoms with Crippen LogP contribution >= 0.6 is 0 Å². The number of para-hydroxylation sites is 1. The molecule has 2 fully saturated rings. The van der Waals surface area contributed by atoms with Crippen molar-refractivity contribution < 1.29 is 14.2 Å². The number of halogens is 1. The van der Waals surface area contributed by atoms with Crippen molar-refractivity contribution in [3.05, 3.63) is 71.8 Å². The summed E-state index contributed by atoms with van der Waals surface area (Å²) < 4.78 is 20.9. The van der Waals surface area contributed by atoms with Crippen LogP contribution in [0.2, 0.25) is 0 Å². The molecule has 0 amide bonds. The van der Waals surface area contributed by atoms with Gasteiger partial charge in [-0.25, -0.2) is 14.4 Å². The summed E-state index contributed by atoms with van der Waals surface area (Å²) in [4.78, 5) is 13.4. The second kappa shape index (κ2) is 12.5. The monoisotopic (exact) mass is 533 g/mol. The third kappa shape index (κ3) is 6.52. The smallest absolute Gasteiger partial charge is 0.141 e. The van der Waals surface area contributed by atoms with Crippen molar-refractivity contribution in [2.75, 3.05) is 50.4 Å². The second-order valence-corrected chi connectivity index (χ2v) is 10.2. The highest BCUT2D eigenvalue weighted by atomic mass is 19.1. The van der Waals surface area contributed by atoms with Crippen molar-refractivity contribution in [2.24, 2.45) is 0 Å². The zero-order valence-electron chi connectivity index (χ0n) is 22.0. The zero-order chi connectivity index (χ0) is 27.2. The number of hydrogen-bond acceptors (Lipinski definition) is 9. The Morgan fingerprint density at radius 1 is 1.03 bits per heavy atom. The van der Waals surface area contributed by atoms with Gasteiger partial charge in [0.25, 0.3) is 0 Å². The van der Waals surface area contributed by atoms with Crippen LogP contribution in [0.3, 0.4) is 0 Å². The molecule has 39 heavy (non-hydrogen) atoms. The first-order valence-corrected chi connectivity index (χ1v) is 13.6. The van der Waals surface area contributed by atoms with Gasteiger partial charge < -0.3 is 20.9 Å². The molecule has 5 N–H and O–H groups in total. The molecule has 0 bridgehead atoms. The van der Waals surface area contributed by atoms with E-state index in [1.54, 1.807) is 18.2 Å². The number of anilines is 2. The van der Waals surface area contributed by atoms with Crippen LogP contribution in [0.5, 0.6) is 11.5 Å². The van der Waals surface area contributed by atoms with Crippen LogP contribution in [0, 0.1) is 11.2 Å². The number of nitrogens with one attached hydrogen (secondary N) is 2. The van der Waals surface area contributed by atoms with Crippen LogP contribution in [0.25, 0.3) is 0 Å². The third-order valence-electron chi connectivity index (χ3n) is 7.69. The van der Waals surface area contributed by atoms with Gasteiger partial charge in [-0.05, 0) is 49.9 Å². The van der Waals surface area contributed by atoms with E-state index < -0.39 is 5.82 Å². The first-order valence-electron chi connectivity index (χ1n) is 13.6. The van der Waals surface area contributed by atoms with E-state index in [0.29, 0.717) is 28.9 Å². The molecule has 1 aromatic heterocycles. The number of benzene rings is 2. The molecule has 1 aliphatic heterocycles. The lowest BCUT2D eigenvalue weighted by molar-refractivity contribution is 0.0684. The molecule has 0 spiro atoms. The molecular formula is C29H36FN7O2. The molecule has 1 saturated heterocycles. The van der Waals surface area contributed by atoms with Crippen molar-refractivity contribution in [1.29, 1.82) is 5.41 Å². The minimum atomic E-state index is -0.581. The summed E-state index contributed by atoms with van der Waals surface area (Å²) in [5, 5.41) is 21.5. The number of aromatic nitrogens is 2. The molecule has 3 aromatic rings. The lowest BCUT2D eigenvalue weighted by Crippen LogP contribution is -2.52. The summed E-state index contributed by atoms with van der Waals surface area (Å²) in [5.74, 6) is 0.957. The molecule has 10 heteroatoms. The van der Waals surface area contributed by atoms with Crippen molar-refractivity contribution in [1.82, 2.24) is 19.8 Å². The molecule has 206 valence electrons. The van der Waals surface area contributed by atoms with E-state index >= 15 is 4.39 Å². The Bertz CT molecular complexity index is 1260. The molecule has 5 rings (SSSR count). The van der Waals surface area contributed by atoms with E-state index in [0.717, 1.165) is 58.4 Å². The summed E-state index contributed by atoms with van der Waals surface area (Å²) in [6, 6.07) is 14.3. The van der Waals surface area contributed by atoms with Gasteiger partial charge in [-0.3, -0.25) is 15.2 Å². The Morgan fingerprint density at radius 2 is 1.77 bits per heavy atom. The minimum Gasteiger partial charge on any atom is -0.457 e. The van der Waals surface area contributed by atoms with E-state index in [2.05, 4.69) is 25.1 Å². The Kier molecular flexibility index (Phi) is 8.65. The van der Waals surface area contributed by atoms with Crippen LogP contribution in [-0.4, -0.2) is 82.0 Å². The number of nitrogen functional groups attached to an aromatic ring is 1. The topological polar surface area (TPSA) is 124 Å². The van der Waals surface area contributed by atoms with Crippen molar-refractivity contribution in [3.63, 3.8) is 0 Å². The van der Waals surface area contributed by atoms with E-state index in [9.17, 15) is 5.11 Å². The Morgan fingerprint density at radius 3 is 2.46 bits per heavy atom. The maximum Gasteiger partial charge on any atom is 0.141 e. The number of piperazine rings is 1. The average molecular weight is 534 g/mol. The van der Waals surface area contributed by atoms with Crippen molar-refractivity contribution in [2.45, 2.75) is 37.8 Å². The maximum absolute atomic E-state index is 15.2. The van der Waals surface area contributed by atoms with Gasteiger partial charge in [-0.15, -0.1) is 0 Å². The number of β-amino-alcohol motifs (C(OH)–C–C–N with tert-alkyl or cyclic N) is 1. The lowest BCUT2D eigenvalue weighted by atomic mass is 9.89. The van der Waals surface area contributed by atoms with Crippen molar-refractivity contribution in [3.8, 4) is 11.5 Å². The highest BCUT2D eigenvalue weighted by Gasteiger charge is 2.29. The number of nitrogens with two attached hydrogens (primary N) is 1. The Balaban J connectivity index is 1.23. The van der Waals surface area contributed by atoms with Gasteiger partial charge in [0.1, 0.15) is 35.3 Å². The molecule has 1 aliphatic carbocycles. The van der Waals surface area contributed by atoms with Gasteiger partial charge in [0.15, 0.2) is 0 Å². The molecule has 0 unspecified atom stereocenters. The normalized spacial score (nSPS) is 20.5. The quantitative estimate of drug-likeness (QED) is 0.307. The number of ether oxygens (including phenoxy) is 1. The summed E-state index contributed by atoms with van der Waals surface area (Å²) >= 11 is 0. The summed E-state index contributed by atoms with van der Waals surface area (Å²) in [5.41, 5.74) is 6.52. The molecular weight excluding hydrogens is 497 g/mol. The maximum atomic E-state index is 15.2. The number of aliphatic hydroxyl groups excluding tert-OH is 1. The predicted molar refractivity (Wildman–Crippen MR) is 150 cm³/mol. The van der Waals surface area contributed by atoms with Gasteiger partial charge >= 0.3 is 0 Å². The lowest BCUT2D eigenvalue weighted by Gasteiger charge is -2.42. The summed E-state index contributed by atoms with van der Waals surface area (Å²) in [7, 11) is 0. The zero-order valence-corrected chi connectivity index (χ0v) is 22.0. The fourth-order valence-electron chi connectivity index (χ4n) is 5.55. The van der Waals surface area contributed by atoms with Gasteiger partial charge in [0.2, 0.25) is 0 Å². The minimum absolute atomic E-state index is 0.0752. The van der Waals surface area contributed by atoms with E-state index in [1.165, 1.54) is 18.5 Å². The van der Waals surface area contributed by atoms with E-state index in [1.807, 2.05) is 18.2 Å². The molecule has 9 nitrogen and oxygen atoms in total. The molecule has 2 aliphatic rings. The fourth-order valence-corrected chi connectivity index (χ4v) is 5.55. The van der Waals surface area contributed by atoms with Crippen LogP contribution in [0.4, 0.5) is 16.0 Å². The number of rotatable bonds is 9. The third-order valence-corrected chi connectivity index (χ3v) is 7.69. The fraction of sp³-hybridized carbons (Fsp3) is 0.414. The Labute approximate surface area is 228 Å². The van der Waals surface area contributed by atoms with Crippen LogP contribution in [0.1, 0.15) is 36.8 Å². The van der Waals surface area contributed by atoms with E-state index in [-0.39, 0.29) is 29.7 Å². The van der Waals surface area contributed by atoms with Crippen molar-refractivity contribution >= 4 is 17.3 Å². The van der Waals surface area contributed by atoms with Gasteiger partial charge in [0, 0.05) is 56.4 Å². The highest BCUT2D eigenvalue weighted by Crippen LogP contribution is 2.30. The number of hydrogen-bond donors (Lipinski definition) is 4. The van der Waals surface area contributed by atoms with E-state index in [4.69, 9.17) is 15.9 Å². The largest absolute Gasteiger partial charge is 0.457 e. The second-order valence-electron chi connectivity index (χ2n) is 10.2. The average Bonchev–Trinajstić information content (AvgIpc) is 2.95. The highest BCUT2D eigenvalue weighted by molar-refractivity contribution is 6.16. The molecule has 2 aromatic carbocycles. The number of nitrogens with zero attached hydrogens (tertiary/aromatic N) is 4. The summed E-state index contributed by atoms with van der Waals surface area (Å²) in [6.45, 7) is 5.03. The van der Waals surface area contributed by atoms with Crippen LogP contribution in [-0.2, 0) is 0 Å². The first-order chi connectivity index (χ1) is 19.0. The first kappa shape index (κ1) is 27.0. The van der Waals surface area contributed by atoms with Gasteiger partial charge in [-0.1, -0.05) is 18.2 Å². The predicted octanol–water partition coefficient (Wildman–Crippen LogP) is 3.74. The van der Waals surface area contributed by atoms with Gasteiger partial charge in [-0.2, -0.15) is 0 Å². The molecule has 0 atom stereocenters. The van der Waals surface area contributed by atoms with Gasteiger partial charge in [0.05, 0.1) is 17.9 Å². The molecule has 0 radical (unpaired) electrons. The van der Waals surface area contributed by atoms with Crippen LogP contribution in [0.15, 0.2) is 54.9 Å². The molecule has 1 saturated carbocycles. The molecule has 2 heterocycles. The Hall–Kier alpha value is -3.60. The SMILES string of the molecule is N=C(c1ccc(Oc2ccccc2)cc1F)c1c(N)ncnc1NC1CCC(N2CCN(CCO)CC2)CC1. The van der Waals surface area contributed by atoms with Crippen LogP contribution < -0.4 is 15.8 Å². The number of aliphatic hydroxyl groups is 1. The summed E-state index contributed by atoms with van der Waals surface area (Å²) in [6.07, 6.45) is 5.46.